The van der Waals surface area contributed by atoms with Crippen molar-refractivity contribution in [3.05, 3.63) is 28.8 Å². The molecule has 0 aliphatic carbocycles. The quantitative estimate of drug-likeness (QED) is 0.894. The molecule has 1 N–H and O–H groups in total. The van der Waals surface area contributed by atoms with Crippen LogP contribution in [-0.2, 0) is 6.18 Å². The van der Waals surface area contributed by atoms with E-state index < -0.39 is 11.7 Å². The molecule has 1 saturated heterocycles. The molecule has 1 aliphatic heterocycles. The first-order valence-electron chi connectivity index (χ1n) is 6.64. The van der Waals surface area contributed by atoms with Gasteiger partial charge in [0, 0.05) is 36.4 Å². The van der Waals surface area contributed by atoms with Crippen LogP contribution in [0.1, 0.15) is 19.4 Å². The lowest BCUT2D eigenvalue weighted by atomic mass is 9.99. The molecule has 1 aliphatic rings. The molecule has 2 nitrogen and oxygen atoms in total. The maximum atomic E-state index is 12.9. The molecule has 1 fully saturated rings. The van der Waals surface area contributed by atoms with Crippen molar-refractivity contribution < 1.29 is 13.2 Å². The molecule has 1 atom stereocenters. The molecule has 112 valence electrons. The average molecular weight is 307 g/mol. The zero-order chi connectivity index (χ0) is 14.9. The lowest BCUT2D eigenvalue weighted by molar-refractivity contribution is -0.137. The highest BCUT2D eigenvalue weighted by molar-refractivity contribution is 6.31. The summed E-state index contributed by atoms with van der Waals surface area (Å²) in [7, 11) is 0. The SMILES string of the molecule is CC(C)C1CNCCN1c1cc(Cl)cc(C(F)(F)F)c1. The van der Waals surface area contributed by atoms with Crippen LogP contribution < -0.4 is 10.2 Å². The predicted molar refractivity (Wildman–Crippen MR) is 75.3 cm³/mol. The van der Waals surface area contributed by atoms with Crippen LogP contribution in [0.3, 0.4) is 0 Å². The van der Waals surface area contributed by atoms with Gasteiger partial charge in [-0.3, -0.25) is 0 Å². The van der Waals surface area contributed by atoms with Crippen LogP contribution in [0.25, 0.3) is 0 Å². The van der Waals surface area contributed by atoms with Crippen molar-refractivity contribution in [3.8, 4) is 0 Å². The predicted octanol–water partition coefficient (Wildman–Crippen LogP) is 3.79. The van der Waals surface area contributed by atoms with E-state index in [1.54, 1.807) is 6.07 Å². The summed E-state index contributed by atoms with van der Waals surface area (Å²) in [5.74, 6) is 0.344. The van der Waals surface area contributed by atoms with E-state index in [9.17, 15) is 13.2 Å². The third kappa shape index (κ3) is 3.38. The number of piperazine rings is 1. The minimum absolute atomic E-state index is 0.121. The van der Waals surface area contributed by atoms with Gasteiger partial charge in [0.1, 0.15) is 0 Å². The van der Waals surface area contributed by atoms with E-state index in [-0.39, 0.29) is 11.1 Å². The number of benzene rings is 1. The van der Waals surface area contributed by atoms with Crippen molar-refractivity contribution in [2.45, 2.75) is 26.1 Å². The molecule has 0 aromatic heterocycles. The van der Waals surface area contributed by atoms with Crippen molar-refractivity contribution in [2.75, 3.05) is 24.5 Å². The molecule has 0 amide bonds. The highest BCUT2D eigenvalue weighted by atomic mass is 35.5. The van der Waals surface area contributed by atoms with Gasteiger partial charge in [0.15, 0.2) is 0 Å². The smallest absolute Gasteiger partial charge is 0.366 e. The monoisotopic (exact) mass is 306 g/mol. The maximum Gasteiger partial charge on any atom is 0.416 e. The lowest BCUT2D eigenvalue weighted by Crippen LogP contribution is -2.53. The Morgan fingerprint density at radius 2 is 2.00 bits per heavy atom. The number of rotatable bonds is 2. The third-order valence-electron chi connectivity index (χ3n) is 3.59. The van der Waals surface area contributed by atoms with Crippen LogP contribution in [0.4, 0.5) is 18.9 Å². The molecule has 1 unspecified atom stereocenters. The Kier molecular flexibility index (Phi) is 4.49. The number of anilines is 1. The summed E-state index contributed by atoms with van der Waals surface area (Å²) in [4.78, 5) is 2.02. The number of hydrogen-bond acceptors (Lipinski definition) is 2. The van der Waals surface area contributed by atoms with Crippen molar-refractivity contribution >= 4 is 17.3 Å². The van der Waals surface area contributed by atoms with Gasteiger partial charge in [-0.25, -0.2) is 0 Å². The van der Waals surface area contributed by atoms with E-state index in [1.165, 1.54) is 6.07 Å². The second kappa shape index (κ2) is 5.82. The number of nitrogens with one attached hydrogen (secondary N) is 1. The molecule has 1 aromatic carbocycles. The Labute approximate surface area is 121 Å². The van der Waals surface area contributed by atoms with Crippen LogP contribution in [0.15, 0.2) is 18.2 Å². The second-order valence-electron chi connectivity index (χ2n) is 5.40. The maximum absolute atomic E-state index is 12.9. The zero-order valence-electron chi connectivity index (χ0n) is 11.5. The first kappa shape index (κ1) is 15.4. The molecule has 6 heteroatoms. The van der Waals surface area contributed by atoms with Crippen LogP contribution in [0.2, 0.25) is 5.02 Å². The van der Waals surface area contributed by atoms with Gasteiger partial charge >= 0.3 is 6.18 Å². The lowest BCUT2D eigenvalue weighted by Gasteiger charge is -2.40. The summed E-state index contributed by atoms with van der Waals surface area (Å²) < 4.78 is 38.6. The fourth-order valence-corrected chi connectivity index (χ4v) is 2.77. The fraction of sp³-hybridized carbons (Fsp3) is 0.571. The Hall–Kier alpha value is -0.940. The Morgan fingerprint density at radius 3 is 2.60 bits per heavy atom. The van der Waals surface area contributed by atoms with Gasteiger partial charge in [0.05, 0.1) is 5.56 Å². The number of alkyl halides is 3. The van der Waals surface area contributed by atoms with Crippen LogP contribution in [0.5, 0.6) is 0 Å². The molecule has 0 bridgehead atoms. The summed E-state index contributed by atoms with van der Waals surface area (Å²) in [6.45, 7) is 6.35. The molecular weight excluding hydrogens is 289 g/mol. The molecule has 20 heavy (non-hydrogen) atoms. The molecule has 0 radical (unpaired) electrons. The van der Waals surface area contributed by atoms with Crippen molar-refractivity contribution in [2.24, 2.45) is 5.92 Å². The van der Waals surface area contributed by atoms with Gasteiger partial charge in [-0.15, -0.1) is 0 Å². The summed E-state index contributed by atoms with van der Waals surface area (Å²) in [6.07, 6.45) is -4.37. The standard InChI is InChI=1S/C14H18ClF3N2/c1-9(2)13-8-19-3-4-20(13)12-6-10(14(16,17)18)5-11(15)7-12/h5-7,9,13,19H,3-4,8H2,1-2H3. The zero-order valence-corrected chi connectivity index (χ0v) is 12.2. The van der Waals surface area contributed by atoms with Gasteiger partial charge < -0.3 is 10.2 Å². The first-order chi connectivity index (χ1) is 9.29. The molecular formula is C14H18ClF3N2. The number of halogens is 4. The first-order valence-corrected chi connectivity index (χ1v) is 7.02. The third-order valence-corrected chi connectivity index (χ3v) is 3.81. The normalized spacial score (nSPS) is 20.6. The molecule has 1 aromatic rings. The van der Waals surface area contributed by atoms with Crippen molar-refractivity contribution in [3.63, 3.8) is 0 Å². The van der Waals surface area contributed by atoms with E-state index in [1.807, 2.05) is 4.90 Å². The summed E-state index contributed by atoms with van der Waals surface area (Å²) in [6, 6.07) is 3.94. The summed E-state index contributed by atoms with van der Waals surface area (Å²) in [5.41, 5.74) is -0.147. The Balaban J connectivity index is 2.38. The van der Waals surface area contributed by atoms with Gasteiger partial charge in [-0.2, -0.15) is 13.2 Å². The van der Waals surface area contributed by atoms with Gasteiger partial charge in [-0.05, 0) is 24.1 Å². The summed E-state index contributed by atoms with van der Waals surface area (Å²) in [5, 5.41) is 3.40. The van der Waals surface area contributed by atoms with Crippen LogP contribution >= 0.6 is 11.6 Å². The summed E-state index contributed by atoms with van der Waals surface area (Å²) >= 11 is 5.86. The molecule has 0 spiro atoms. The number of hydrogen-bond donors (Lipinski definition) is 1. The van der Waals surface area contributed by atoms with Gasteiger partial charge in [0.25, 0.3) is 0 Å². The highest BCUT2D eigenvalue weighted by Crippen LogP contribution is 2.35. The van der Waals surface area contributed by atoms with E-state index in [2.05, 4.69) is 19.2 Å². The largest absolute Gasteiger partial charge is 0.416 e. The van der Waals surface area contributed by atoms with E-state index in [0.717, 1.165) is 19.2 Å². The fourth-order valence-electron chi connectivity index (χ4n) is 2.55. The Bertz CT molecular complexity index is 474. The van der Waals surface area contributed by atoms with Gasteiger partial charge in [-0.1, -0.05) is 25.4 Å². The van der Waals surface area contributed by atoms with E-state index in [4.69, 9.17) is 11.6 Å². The molecule has 1 heterocycles. The van der Waals surface area contributed by atoms with Crippen LogP contribution in [0, 0.1) is 5.92 Å². The minimum atomic E-state index is -4.37. The van der Waals surface area contributed by atoms with E-state index >= 15 is 0 Å². The molecule has 0 saturated carbocycles. The number of nitrogens with zero attached hydrogens (tertiary/aromatic N) is 1. The van der Waals surface area contributed by atoms with Crippen LogP contribution in [-0.4, -0.2) is 25.7 Å². The van der Waals surface area contributed by atoms with Crippen molar-refractivity contribution in [1.29, 1.82) is 0 Å². The Morgan fingerprint density at radius 1 is 1.30 bits per heavy atom. The average Bonchev–Trinajstić information content (AvgIpc) is 2.37. The molecule has 2 rings (SSSR count). The van der Waals surface area contributed by atoms with E-state index in [0.29, 0.717) is 18.2 Å². The second-order valence-corrected chi connectivity index (χ2v) is 5.84. The van der Waals surface area contributed by atoms with Crippen molar-refractivity contribution in [1.82, 2.24) is 5.32 Å². The highest BCUT2D eigenvalue weighted by Gasteiger charge is 2.33. The van der Waals surface area contributed by atoms with Gasteiger partial charge in [0.2, 0.25) is 0 Å². The minimum Gasteiger partial charge on any atom is -0.366 e. The topological polar surface area (TPSA) is 15.3 Å².